The van der Waals surface area contributed by atoms with Gasteiger partial charge in [0.1, 0.15) is 0 Å². The molecule has 3 rings (SSSR count). The first kappa shape index (κ1) is 18.5. The van der Waals surface area contributed by atoms with Crippen LogP contribution in [0.4, 0.5) is 5.69 Å². The zero-order valence-corrected chi connectivity index (χ0v) is 15.9. The number of rotatable bonds is 4. The van der Waals surface area contributed by atoms with Gasteiger partial charge in [0.15, 0.2) is 0 Å². The van der Waals surface area contributed by atoms with Crippen molar-refractivity contribution >= 4 is 55.6 Å². The fraction of sp³-hybridized carbons (Fsp3) is 0.0556. The number of nitrogens with one attached hydrogen (secondary N) is 2. The summed E-state index contributed by atoms with van der Waals surface area (Å²) >= 11 is 11.8. The molecule has 2 N–H and O–H groups in total. The van der Waals surface area contributed by atoms with Crippen molar-refractivity contribution in [3.05, 3.63) is 70.2 Å². The Hall–Kier alpha value is -2.28. The third-order valence-electron chi connectivity index (χ3n) is 3.78. The Morgan fingerprint density at radius 1 is 0.923 bits per heavy atom. The molecule has 26 heavy (non-hydrogen) atoms. The number of fused-ring (bicyclic) bond motifs is 1. The quantitative estimate of drug-likeness (QED) is 0.675. The van der Waals surface area contributed by atoms with E-state index in [2.05, 4.69) is 10.0 Å². The molecule has 3 aromatic rings. The number of halogens is 2. The van der Waals surface area contributed by atoms with E-state index in [9.17, 15) is 13.2 Å². The second-order valence-corrected chi connectivity index (χ2v) is 8.05. The average molecular weight is 409 g/mol. The maximum atomic E-state index is 12.7. The van der Waals surface area contributed by atoms with Gasteiger partial charge in [-0.25, -0.2) is 8.42 Å². The van der Waals surface area contributed by atoms with Crippen molar-refractivity contribution in [2.75, 3.05) is 11.8 Å². The molecule has 0 saturated heterocycles. The predicted molar refractivity (Wildman–Crippen MR) is 105 cm³/mol. The molecule has 8 heteroatoms. The van der Waals surface area contributed by atoms with Crippen LogP contribution >= 0.6 is 23.2 Å². The van der Waals surface area contributed by atoms with Crippen molar-refractivity contribution in [3.8, 4) is 0 Å². The van der Waals surface area contributed by atoms with Crippen LogP contribution < -0.4 is 10.0 Å². The first-order valence-electron chi connectivity index (χ1n) is 7.54. The molecule has 0 radical (unpaired) electrons. The van der Waals surface area contributed by atoms with Gasteiger partial charge in [0.05, 0.1) is 10.6 Å². The van der Waals surface area contributed by atoms with Gasteiger partial charge in [-0.05, 0) is 35.7 Å². The fourth-order valence-corrected chi connectivity index (χ4v) is 4.42. The van der Waals surface area contributed by atoms with Crippen LogP contribution in [0.15, 0.2) is 59.5 Å². The molecule has 0 saturated carbocycles. The van der Waals surface area contributed by atoms with Gasteiger partial charge in [0.2, 0.25) is 0 Å². The maximum Gasteiger partial charge on any atom is 0.262 e. The number of carbonyl (C=O) groups is 1. The summed E-state index contributed by atoms with van der Waals surface area (Å²) in [5, 5.41) is 4.25. The standard InChI is InChI=1S/C18H14Cl2N2O3S/c1-21-18(23)16-6-2-5-15-14(16)4-3-7-17(15)22-26(24,25)13-9-11(19)8-12(20)10-13/h2-10,22H,1H3,(H,21,23). The van der Waals surface area contributed by atoms with Crippen molar-refractivity contribution in [3.63, 3.8) is 0 Å². The van der Waals surface area contributed by atoms with Gasteiger partial charge in [0.25, 0.3) is 15.9 Å². The molecular formula is C18H14Cl2N2O3S. The Bertz CT molecular complexity index is 1090. The minimum atomic E-state index is -3.91. The van der Waals surface area contributed by atoms with Crippen molar-refractivity contribution in [2.45, 2.75) is 4.90 Å². The molecule has 0 fully saturated rings. The number of carbonyl (C=O) groups excluding carboxylic acids is 1. The number of hydrogen-bond acceptors (Lipinski definition) is 3. The fourth-order valence-electron chi connectivity index (χ4n) is 2.62. The molecule has 0 aliphatic carbocycles. The molecular weight excluding hydrogens is 395 g/mol. The van der Waals surface area contributed by atoms with E-state index in [-0.39, 0.29) is 20.8 Å². The smallest absolute Gasteiger partial charge is 0.262 e. The van der Waals surface area contributed by atoms with Crippen molar-refractivity contribution in [1.82, 2.24) is 5.32 Å². The van der Waals surface area contributed by atoms with Gasteiger partial charge in [0, 0.05) is 28.0 Å². The zero-order chi connectivity index (χ0) is 18.9. The summed E-state index contributed by atoms with van der Waals surface area (Å²) in [5.41, 5.74) is 0.807. The van der Waals surface area contributed by atoms with Crippen LogP contribution in [0.2, 0.25) is 10.0 Å². The van der Waals surface area contributed by atoms with Gasteiger partial charge >= 0.3 is 0 Å². The van der Waals surface area contributed by atoms with Crippen LogP contribution in [0.5, 0.6) is 0 Å². The summed E-state index contributed by atoms with van der Waals surface area (Å²) in [4.78, 5) is 12.0. The molecule has 134 valence electrons. The van der Waals surface area contributed by atoms with Gasteiger partial charge in [-0.3, -0.25) is 9.52 Å². The molecule has 0 unspecified atom stereocenters. The molecule has 0 bridgehead atoms. The molecule has 0 aliphatic rings. The second kappa shape index (κ2) is 7.15. The Kier molecular flexibility index (Phi) is 5.09. The summed E-state index contributed by atoms with van der Waals surface area (Å²) in [6.07, 6.45) is 0. The van der Waals surface area contributed by atoms with E-state index in [0.29, 0.717) is 22.0 Å². The van der Waals surface area contributed by atoms with Crippen LogP contribution in [-0.2, 0) is 10.0 Å². The number of anilines is 1. The topological polar surface area (TPSA) is 75.3 Å². The predicted octanol–water partition coefficient (Wildman–Crippen LogP) is 4.31. The van der Waals surface area contributed by atoms with Gasteiger partial charge < -0.3 is 5.32 Å². The molecule has 0 atom stereocenters. The minimum Gasteiger partial charge on any atom is -0.355 e. The molecule has 1 amide bonds. The lowest BCUT2D eigenvalue weighted by Crippen LogP contribution is -2.18. The van der Waals surface area contributed by atoms with E-state index in [1.165, 1.54) is 25.2 Å². The Morgan fingerprint density at radius 2 is 1.54 bits per heavy atom. The van der Waals surface area contributed by atoms with Crippen molar-refractivity contribution in [2.24, 2.45) is 0 Å². The molecule has 0 heterocycles. The molecule has 5 nitrogen and oxygen atoms in total. The van der Waals surface area contributed by atoms with Crippen molar-refractivity contribution < 1.29 is 13.2 Å². The molecule has 0 aliphatic heterocycles. The summed E-state index contributed by atoms with van der Waals surface area (Å²) in [6, 6.07) is 14.3. The van der Waals surface area contributed by atoms with Crippen LogP contribution in [0.1, 0.15) is 10.4 Å². The lowest BCUT2D eigenvalue weighted by Gasteiger charge is -2.13. The van der Waals surface area contributed by atoms with Gasteiger partial charge in [-0.15, -0.1) is 0 Å². The van der Waals surface area contributed by atoms with E-state index >= 15 is 0 Å². The van der Waals surface area contributed by atoms with E-state index in [1.807, 2.05) is 0 Å². The normalized spacial score (nSPS) is 11.3. The average Bonchev–Trinajstić information content (AvgIpc) is 2.60. The van der Waals surface area contributed by atoms with E-state index in [4.69, 9.17) is 23.2 Å². The Balaban J connectivity index is 2.10. The van der Waals surface area contributed by atoms with Crippen LogP contribution in [0, 0.1) is 0 Å². The van der Waals surface area contributed by atoms with Crippen LogP contribution in [0.3, 0.4) is 0 Å². The Morgan fingerprint density at radius 3 is 2.19 bits per heavy atom. The Labute approximate surface area is 161 Å². The monoisotopic (exact) mass is 408 g/mol. The van der Waals surface area contributed by atoms with E-state index < -0.39 is 10.0 Å². The molecule has 0 spiro atoms. The summed E-state index contributed by atoms with van der Waals surface area (Å²) in [6.45, 7) is 0. The van der Waals surface area contributed by atoms with Crippen LogP contribution in [0.25, 0.3) is 10.8 Å². The summed E-state index contributed by atoms with van der Waals surface area (Å²) in [7, 11) is -2.37. The highest BCUT2D eigenvalue weighted by Gasteiger charge is 2.18. The highest BCUT2D eigenvalue weighted by molar-refractivity contribution is 7.92. The second-order valence-electron chi connectivity index (χ2n) is 5.50. The highest BCUT2D eigenvalue weighted by atomic mass is 35.5. The first-order valence-corrected chi connectivity index (χ1v) is 9.78. The SMILES string of the molecule is CNC(=O)c1cccc2c(NS(=O)(=O)c3cc(Cl)cc(Cl)c3)cccc12. The summed E-state index contributed by atoms with van der Waals surface area (Å²) < 4.78 is 28.0. The number of sulfonamides is 1. The lowest BCUT2D eigenvalue weighted by atomic mass is 10.0. The highest BCUT2D eigenvalue weighted by Crippen LogP contribution is 2.29. The van der Waals surface area contributed by atoms with E-state index in [0.717, 1.165) is 0 Å². The molecule has 3 aromatic carbocycles. The largest absolute Gasteiger partial charge is 0.355 e. The number of amides is 1. The third-order valence-corrected chi connectivity index (χ3v) is 5.57. The number of benzene rings is 3. The lowest BCUT2D eigenvalue weighted by molar-refractivity contribution is 0.0964. The molecule has 0 aromatic heterocycles. The maximum absolute atomic E-state index is 12.7. The third kappa shape index (κ3) is 3.62. The number of hydrogen-bond donors (Lipinski definition) is 2. The minimum absolute atomic E-state index is 0.0468. The summed E-state index contributed by atoms with van der Waals surface area (Å²) in [5.74, 6) is -0.253. The van der Waals surface area contributed by atoms with Crippen LogP contribution in [-0.4, -0.2) is 21.4 Å². The first-order chi connectivity index (χ1) is 12.3. The van der Waals surface area contributed by atoms with E-state index in [1.54, 1.807) is 36.4 Å². The zero-order valence-electron chi connectivity index (χ0n) is 13.6. The van der Waals surface area contributed by atoms with Gasteiger partial charge in [-0.2, -0.15) is 0 Å². The van der Waals surface area contributed by atoms with Crippen molar-refractivity contribution in [1.29, 1.82) is 0 Å². The van der Waals surface area contributed by atoms with Gasteiger partial charge in [-0.1, -0.05) is 47.5 Å².